The molecule has 1 aliphatic heterocycles. The fraction of sp³-hybridized carbons (Fsp3) is 0.500. The fourth-order valence-electron chi connectivity index (χ4n) is 2.13. The standard InChI is InChI=1S/C14H20N2O3/c17-7-9-19-8-3-6-15-14(18)13-10-11-4-1-2-5-12(11)16-13/h1-2,4-5,13,16-17H,3,6-10H2,(H,15,18)/t13-/m0/s1. The molecule has 3 N–H and O–H groups in total. The maximum Gasteiger partial charge on any atom is 0.242 e. The minimum Gasteiger partial charge on any atom is -0.394 e. The molecule has 0 aliphatic carbocycles. The van der Waals surface area contributed by atoms with E-state index in [0.717, 1.165) is 18.5 Å². The van der Waals surface area contributed by atoms with Crippen molar-refractivity contribution < 1.29 is 14.6 Å². The highest BCUT2D eigenvalue weighted by Gasteiger charge is 2.25. The quantitative estimate of drug-likeness (QED) is 0.629. The molecule has 1 amide bonds. The summed E-state index contributed by atoms with van der Waals surface area (Å²) in [7, 11) is 0. The van der Waals surface area contributed by atoms with Gasteiger partial charge in [0.25, 0.3) is 0 Å². The first-order valence-corrected chi connectivity index (χ1v) is 6.62. The first-order valence-electron chi connectivity index (χ1n) is 6.62. The summed E-state index contributed by atoms with van der Waals surface area (Å²) in [4.78, 5) is 11.9. The number of nitrogens with one attached hydrogen (secondary N) is 2. The van der Waals surface area contributed by atoms with E-state index < -0.39 is 0 Å². The second kappa shape index (κ2) is 7.11. The number of aliphatic hydroxyl groups is 1. The Labute approximate surface area is 113 Å². The molecular weight excluding hydrogens is 244 g/mol. The molecule has 0 saturated carbocycles. The fourth-order valence-corrected chi connectivity index (χ4v) is 2.13. The molecule has 0 aromatic heterocycles. The number of amides is 1. The van der Waals surface area contributed by atoms with Gasteiger partial charge in [-0.2, -0.15) is 0 Å². The number of carbonyl (C=O) groups excluding carboxylic acids is 1. The number of para-hydroxylation sites is 1. The molecule has 0 bridgehead atoms. The van der Waals surface area contributed by atoms with Gasteiger partial charge >= 0.3 is 0 Å². The molecule has 104 valence electrons. The van der Waals surface area contributed by atoms with E-state index in [2.05, 4.69) is 10.6 Å². The number of hydrogen-bond donors (Lipinski definition) is 3. The number of hydrogen-bond acceptors (Lipinski definition) is 4. The first kappa shape index (κ1) is 13.8. The van der Waals surface area contributed by atoms with E-state index >= 15 is 0 Å². The number of anilines is 1. The number of aliphatic hydroxyl groups excluding tert-OH is 1. The van der Waals surface area contributed by atoms with Gasteiger partial charge in [-0.25, -0.2) is 0 Å². The van der Waals surface area contributed by atoms with Gasteiger partial charge in [-0.3, -0.25) is 4.79 Å². The normalized spacial score (nSPS) is 16.8. The van der Waals surface area contributed by atoms with Crippen LogP contribution in [0.4, 0.5) is 5.69 Å². The predicted octanol–water partition coefficient (Wildman–Crippen LogP) is 0.538. The van der Waals surface area contributed by atoms with Gasteiger partial charge in [0.05, 0.1) is 13.2 Å². The Balaban J connectivity index is 1.66. The summed E-state index contributed by atoms with van der Waals surface area (Å²) < 4.78 is 5.12. The Morgan fingerprint density at radius 3 is 3.05 bits per heavy atom. The third kappa shape index (κ3) is 3.94. The monoisotopic (exact) mass is 264 g/mol. The molecule has 0 fully saturated rings. The summed E-state index contributed by atoms with van der Waals surface area (Å²) >= 11 is 0. The minimum absolute atomic E-state index is 0.0263. The number of rotatable bonds is 7. The molecule has 1 heterocycles. The molecule has 19 heavy (non-hydrogen) atoms. The van der Waals surface area contributed by atoms with Crippen molar-refractivity contribution in [3.05, 3.63) is 29.8 Å². The second-order valence-electron chi connectivity index (χ2n) is 4.54. The molecule has 5 heteroatoms. The summed E-state index contributed by atoms with van der Waals surface area (Å²) in [6.07, 6.45) is 1.49. The third-order valence-electron chi connectivity index (χ3n) is 3.09. The van der Waals surface area contributed by atoms with Crippen LogP contribution in [0.3, 0.4) is 0 Å². The van der Waals surface area contributed by atoms with Crippen LogP contribution in [0, 0.1) is 0 Å². The molecule has 1 aromatic rings. The predicted molar refractivity (Wildman–Crippen MR) is 73.1 cm³/mol. The third-order valence-corrected chi connectivity index (χ3v) is 3.09. The van der Waals surface area contributed by atoms with Crippen LogP contribution in [-0.4, -0.2) is 43.4 Å². The Kier molecular flexibility index (Phi) is 5.18. The van der Waals surface area contributed by atoms with Crippen LogP contribution in [-0.2, 0) is 16.0 Å². The van der Waals surface area contributed by atoms with Crippen LogP contribution in [0.25, 0.3) is 0 Å². The summed E-state index contributed by atoms with van der Waals surface area (Å²) in [6.45, 7) is 1.54. The second-order valence-corrected chi connectivity index (χ2v) is 4.54. The van der Waals surface area contributed by atoms with Gasteiger partial charge in [0.15, 0.2) is 0 Å². The van der Waals surface area contributed by atoms with E-state index in [0.29, 0.717) is 19.8 Å². The SMILES string of the molecule is O=C(NCCCOCCO)[C@@H]1Cc2ccccc2N1. The first-order chi connectivity index (χ1) is 9.31. The van der Waals surface area contributed by atoms with Crippen LogP contribution >= 0.6 is 0 Å². The van der Waals surface area contributed by atoms with E-state index in [-0.39, 0.29) is 18.6 Å². The maximum atomic E-state index is 11.9. The Morgan fingerprint density at radius 2 is 2.26 bits per heavy atom. The minimum atomic E-state index is -0.171. The van der Waals surface area contributed by atoms with E-state index in [1.165, 1.54) is 5.56 Å². The topological polar surface area (TPSA) is 70.6 Å². The van der Waals surface area contributed by atoms with E-state index in [9.17, 15) is 4.79 Å². The molecule has 0 saturated heterocycles. The largest absolute Gasteiger partial charge is 0.394 e. The van der Waals surface area contributed by atoms with Crippen molar-refractivity contribution in [3.8, 4) is 0 Å². The summed E-state index contributed by atoms with van der Waals surface area (Å²) in [5.41, 5.74) is 2.24. The summed E-state index contributed by atoms with van der Waals surface area (Å²) in [5.74, 6) is 0.0263. The highest BCUT2D eigenvalue weighted by molar-refractivity contribution is 5.87. The zero-order valence-corrected chi connectivity index (χ0v) is 10.9. The maximum absolute atomic E-state index is 11.9. The van der Waals surface area contributed by atoms with Gasteiger partial charge in [-0.15, -0.1) is 0 Å². The van der Waals surface area contributed by atoms with Crippen LogP contribution in [0.1, 0.15) is 12.0 Å². The molecule has 0 unspecified atom stereocenters. The lowest BCUT2D eigenvalue weighted by atomic mass is 10.1. The number of ether oxygens (including phenoxy) is 1. The van der Waals surface area contributed by atoms with Crippen LogP contribution < -0.4 is 10.6 Å². The van der Waals surface area contributed by atoms with Crippen molar-refractivity contribution in [2.75, 3.05) is 31.7 Å². The molecule has 1 aliphatic rings. The molecule has 0 radical (unpaired) electrons. The van der Waals surface area contributed by atoms with Gasteiger partial charge in [-0.1, -0.05) is 18.2 Å². The zero-order valence-electron chi connectivity index (χ0n) is 10.9. The lowest BCUT2D eigenvalue weighted by Gasteiger charge is -2.11. The van der Waals surface area contributed by atoms with Crippen molar-refractivity contribution in [2.45, 2.75) is 18.9 Å². The van der Waals surface area contributed by atoms with Crippen LogP contribution in [0.2, 0.25) is 0 Å². The van der Waals surface area contributed by atoms with Gasteiger partial charge in [0.2, 0.25) is 5.91 Å². The molecule has 1 aromatic carbocycles. The highest BCUT2D eigenvalue weighted by Crippen LogP contribution is 2.24. The average Bonchev–Trinajstić information content (AvgIpc) is 2.86. The Morgan fingerprint density at radius 1 is 1.42 bits per heavy atom. The van der Waals surface area contributed by atoms with Crippen molar-refractivity contribution in [3.63, 3.8) is 0 Å². The van der Waals surface area contributed by atoms with Gasteiger partial charge in [0, 0.05) is 25.3 Å². The summed E-state index contributed by atoms with van der Waals surface area (Å²) in [5, 5.41) is 14.6. The van der Waals surface area contributed by atoms with Crippen molar-refractivity contribution in [2.24, 2.45) is 0 Å². The molecular formula is C14H20N2O3. The van der Waals surface area contributed by atoms with Crippen molar-refractivity contribution in [1.82, 2.24) is 5.32 Å². The Bertz CT molecular complexity index is 398. The smallest absolute Gasteiger partial charge is 0.242 e. The molecule has 0 spiro atoms. The lowest BCUT2D eigenvalue weighted by molar-refractivity contribution is -0.121. The molecule has 5 nitrogen and oxygen atoms in total. The number of carbonyl (C=O) groups is 1. The van der Waals surface area contributed by atoms with Crippen molar-refractivity contribution >= 4 is 11.6 Å². The number of benzene rings is 1. The van der Waals surface area contributed by atoms with Gasteiger partial charge in [-0.05, 0) is 18.1 Å². The molecule has 1 atom stereocenters. The Hall–Kier alpha value is -1.59. The van der Waals surface area contributed by atoms with Gasteiger partial charge in [0.1, 0.15) is 6.04 Å². The zero-order chi connectivity index (χ0) is 13.5. The van der Waals surface area contributed by atoms with E-state index in [4.69, 9.17) is 9.84 Å². The lowest BCUT2D eigenvalue weighted by Crippen LogP contribution is -2.39. The van der Waals surface area contributed by atoms with Crippen LogP contribution in [0.5, 0.6) is 0 Å². The highest BCUT2D eigenvalue weighted by atomic mass is 16.5. The summed E-state index contributed by atoms with van der Waals surface area (Å²) in [6, 6.07) is 7.81. The van der Waals surface area contributed by atoms with Gasteiger partial charge < -0.3 is 20.5 Å². The van der Waals surface area contributed by atoms with Crippen molar-refractivity contribution in [1.29, 1.82) is 0 Å². The van der Waals surface area contributed by atoms with Crippen LogP contribution in [0.15, 0.2) is 24.3 Å². The molecule has 2 rings (SSSR count). The number of fused-ring (bicyclic) bond motifs is 1. The van der Waals surface area contributed by atoms with E-state index in [1.807, 2.05) is 24.3 Å². The van der Waals surface area contributed by atoms with E-state index in [1.54, 1.807) is 0 Å². The average molecular weight is 264 g/mol.